The molecule has 0 saturated heterocycles. The van der Waals surface area contributed by atoms with E-state index in [2.05, 4.69) is 43.9 Å². The van der Waals surface area contributed by atoms with Crippen LogP contribution in [0.15, 0.2) is 23.4 Å². The maximum atomic E-state index is 8.73. The Labute approximate surface area is 115 Å². The van der Waals surface area contributed by atoms with Crippen LogP contribution < -0.4 is 10.6 Å². The van der Waals surface area contributed by atoms with Gasteiger partial charge in [0.1, 0.15) is 0 Å². The zero-order valence-electron chi connectivity index (χ0n) is 12.5. The first-order valence-electron chi connectivity index (χ1n) is 6.68. The smallest absolute Gasteiger partial charge is 0.170 e. The monoisotopic (exact) mass is 263 g/mol. The van der Waals surface area contributed by atoms with E-state index in [4.69, 9.17) is 10.9 Å². The highest BCUT2D eigenvalue weighted by Crippen LogP contribution is 2.22. The fourth-order valence-corrected chi connectivity index (χ4v) is 2.30. The van der Waals surface area contributed by atoms with Gasteiger partial charge in [-0.2, -0.15) is 0 Å². The second-order valence-electron chi connectivity index (χ2n) is 5.57. The molecule has 106 valence electrons. The average molecular weight is 263 g/mol. The van der Waals surface area contributed by atoms with Crippen LogP contribution in [0.2, 0.25) is 0 Å². The fourth-order valence-electron chi connectivity index (χ4n) is 2.30. The second-order valence-corrected chi connectivity index (χ2v) is 5.57. The Hall–Kier alpha value is -1.71. The Morgan fingerprint density at radius 3 is 2.47 bits per heavy atom. The van der Waals surface area contributed by atoms with Crippen LogP contribution in [0.4, 0.5) is 5.69 Å². The molecule has 0 heterocycles. The van der Waals surface area contributed by atoms with Crippen LogP contribution in [0.25, 0.3) is 0 Å². The van der Waals surface area contributed by atoms with Gasteiger partial charge in [0, 0.05) is 24.3 Å². The third-order valence-electron chi connectivity index (χ3n) is 3.47. The van der Waals surface area contributed by atoms with Gasteiger partial charge in [-0.3, -0.25) is 0 Å². The van der Waals surface area contributed by atoms with Gasteiger partial charge in [0.15, 0.2) is 5.84 Å². The lowest BCUT2D eigenvalue weighted by Crippen LogP contribution is -2.30. The van der Waals surface area contributed by atoms with Crippen molar-refractivity contribution in [1.82, 2.24) is 0 Å². The first-order chi connectivity index (χ1) is 8.86. The molecule has 3 N–H and O–H groups in total. The molecule has 0 aromatic heterocycles. The minimum atomic E-state index is 0.155. The average Bonchev–Trinajstić information content (AvgIpc) is 2.36. The van der Waals surface area contributed by atoms with Crippen molar-refractivity contribution in [3.63, 3.8) is 0 Å². The lowest BCUT2D eigenvalue weighted by molar-refractivity contribution is 0.318. The van der Waals surface area contributed by atoms with Crippen molar-refractivity contribution >= 4 is 11.5 Å². The van der Waals surface area contributed by atoms with Crippen LogP contribution in [-0.4, -0.2) is 24.1 Å². The van der Waals surface area contributed by atoms with Crippen LogP contribution in [0, 0.1) is 12.8 Å². The number of hydrogen-bond acceptors (Lipinski definition) is 3. The van der Waals surface area contributed by atoms with E-state index < -0.39 is 0 Å². The van der Waals surface area contributed by atoms with E-state index in [1.165, 1.54) is 0 Å². The molecule has 1 aromatic rings. The summed E-state index contributed by atoms with van der Waals surface area (Å²) >= 11 is 0. The van der Waals surface area contributed by atoms with Gasteiger partial charge in [-0.25, -0.2) is 0 Å². The summed E-state index contributed by atoms with van der Waals surface area (Å²) < 4.78 is 0. The molecule has 1 aromatic carbocycles. The Bertz CT molecular complexity index is 455. The standard InChI is InChI=1S/C15H25N3O/c1-10(2)8-12(4)18(5)13-6-7-14(11(3)9-13)15(16)17-19/h6-7,9-10,12,19H,8H2,1-5H3,(H2,16,17). The minimum Gasteiger partial charge on any atom is -0.409 e. The highest BCUT2D eigenvalue weighted by molar-refractivity contribution is 5.98. The molecule has 0 aliphatic heterocycles. The quantitative estimate of drug-likeness (QED) is 0.371. The summed E-state index contributed by atoms with van der Waals surface area (Å²) in [4.78, 5) is 2.27. The molecule has 1 unspecified atom stereocenters. The number of aryl methyl sites for hydroxylation is 1. The zero-order valence-corrected chi connectivity index (χ0v) is 12.5. The summed E-state index contributed by atoms with van der Waals surface area (Å²) in [6, 6.07) is 6.47. The molecule has 0 radical (unpaired) electrons. The number of anilines is 1. The van der Waals surface area contributed by atoms with Crippen molar-refractivity contribution < 1.29 is 5.21 Å². The maximum absolute atomic E-state index is 8.73. The van der Waals surface area contributed by atoms with Gasteiger partial charge in [-0.15, -0.1) is 0 Å². The molecule has 0 bridgehead atoms. The Balaban J connectivity index is 2.94. The summed E-state index contributed by atoms with van der Waals surface area (Å²) in [5.74, 6) is 0.830. The van der Waals surface area contributed by atoms with Crippen LogP contribution in [0.1, 0.15) is 38.3 Å². The minimum absolute atomic E-state index is 0.155. The summed E-state index contributed by atoms with van der Waals surface area (Å²) in [7, 11) is 2.10. The van der Waals surface area contributed by atoms with Crippen molar-refractivity contribution in [3.05, 3.63) is 29.3 Å². The molecule has 4 nitrogen and oxygen atoms in total. The Kier molecular flexibility index (Phi) is 5.21. The van der Waals surface area contributed by atoms with E-state index in [0.29, 0.717) is 12.0 Å². The molecule has 0 saturated carbocycles. The summed E-state index contributed by atoms with van der Waals surface area (Å²) in [5.41, 5.74) is 8.57. The number of benzene rings is 1. The third-order valence-corrected chi connectivity index (χ3v) is 3.47. The molecular weight excluding hydrogens is 238 g/mol. The topological polar surface area (TPSA) is 61.8 Å². The lowest BCUT2D eigenvalue weighted by atomic mass is 10.0. The van der Waals surface area contributed by atoms with Crippen molar-refractivity contribution in [2.75, 3.05) is 11.9 Å². The number of amidine groups is 1. The largest absolute Gasteiger partial charge is 0.409 e. The van der Waals surface area contributed by atoms with Crippen molar-refractivity contribution in [1.29, 1.82) is 0 Å². The Morgan fingerprint density at radius 2 is 2.00 bits per heavy atom. The first kappa shape index (κ1) is 15.3. The van der Waals surface area contributed by atoms with E-state index in [1.54, 1.807) is 0 Å². The van der Waals surface area contributed by atoms with Gasteiger partial charge in [0.2, 0.25) is 0 Å². The lowest BCUT2D eigenvalue weighted by Gasteiger charge is -2.29. The first-order valence-corrected chi connectivity index (χ1v) is 6.68. The van der Waals surface area contributed by atoms with Crippen molar-refractivity contribution in [2.24, 2.45) is 16.8 Å². The normalized spacial score (nSPS) is 13.7. The Morgan fingerprint density at radius 1 is 1.37 bits per heavy atom. The number of nitrogens with two attached hydrogens (primary N) is 1. The van der Waals surface area contributed by atoms with E-state index in [9.17, 15) is 0 Å². The molecule has 1 atom stereocenters. The van der Waals surface area contributed by atoms with Gasteiger partial charge < -0.3 is 15.8 Å². The van der Waals surface area contributed by atoms with Gasteiger partial charge in [0.25, 0.3) is 0 Å². The fraction of sp³-hybridized carbons (Fsp3) is 0.533. The van der Waals surface area contributed by atoms with E-state index in [1.807, 2.05) is 19.1 Å². The maximum Gasteiger partial charge on any atom is 0.170 e. The number of rotatable bonds is 5. The molecule has 0 spiro atoms. The molecule has 4 heteroatoms. The number of hydrogen-bond donors (Lipinski definition) is 2. The molecule has 0 fully saturated rings. The molecule has 19 heavy (non-hydrogen) atoms. The van der Waals surface area contributed by atoms with Gasteiger partial charge in [-0.1, -0.05) is 19.0 Å². The summed E-state index contributed by atoms with van der Waals surface area (Å²) in [5, 5.41) is 11.8. The van der Waals surface area contributed by atoms with Gasteiger partial charge >= 0.3 is 0 Å². The van der Waals surface area contributed by atoms with Crippen LogP contribution in [-0.2, 0) is 0 Å². The molecule has 0 aliphatic carbocycles. The number of oxime groups is 1. The van der Waals surface area contributed by atoms with Gasteiger partial charge in [-0.05, 0) is 49.9 Å². The van der Waals surface area contributed by atoms with E-state index in [-0.39, 0.29) is 5.84 Å². The summed E-state index contributed by atoms with van der Waals surface area (Å²) in [6.45, 7) is 8.67. The SMILES string of the molecule is Cc1cc(N(C)C(C)CC(C)C)ccc1/C(N)=N/O. The van der Waals surface area contributed by atoms with Crippen molar-refractivity contribution in [2.45, 2.75) is 40.2 Å². The number of nitrogens with zero attached hydrogens (tertiary/aromatic N) is 2. The second kappa shape index (κ2) is 6.45. The van der Waals surface area contributed by atoms with Crippen LogP contribution >= 0.6 is 0 Å². The van der Waals surface area contributed by atoms with E-state index >= 15 is 0 Å². The summed E-state index contributed by atoms with van der Waals surface area (Å²) in [6.07, 6.45) is 1.15. The molecule has 1 rings (SSSR count). The predicted octanol–water partition coefficient (Wildman–Crippen LogP) is 2.96. The van der Waals surface area contributed by atoms with E-state index in [0.717, 1.165) is 23.2 Å². The molecule has 0 aliphatic rings. The zero-order chi connectivity index (χ0) is 14.6. The third kappa shape index (κ3) is 3.88. The van der Waals surface area contributed by atoms with Crippen molar-refractivity contribution in [3.8, 4) is 0 Å². The van der Waals surface area contributed by atoms with Crippen LogP contribution in [0.5, 0.6) is 0 Å². The molecule has 0 amide bonds. The highest BCUT2D eigenvalue weighted by atomic mass is 16.4. The molecular formula is C15H25N3O. The highest BCUT2D eigenvalue weighted by Gasteiger charge is 2.13. The predicted molar refractivity (Wildman–Crippen MR) is 81.0 cm³/mol. The van der Waals surface area contributed by atoms with Crippen LogP contribution in [0.3, 0.4) is 0 Å². The van der Waals surface area contributed by atoms with Gasteiger partial charge in [0.05, 0.1) is 0 Å².